The summed E-state index contributed by atoms with van der Waals surface area (Å²) in [5.74, 6) is -2.09. The van der Waals surface area contributed by atoms with E-state index in [0.29, 0.717) is 0 Å². The van der Waals surface area contributed by atoms with E-state index in [4.69, 9.17) is 51.6 Å². The number of carbonyl (C=O) groups excluding carboxylic acids is 2. The molecule has 41 heavy (non-hydrogen) atoms. The number of benzene rings is 2. The number of methoxy groups -OCH3 is 1. The zero-order valence-corrected chi connectivity index (χ0v) is 24.3. The van der Waals surface area contributed by atoms with Gasteiger partial charge in [0.2, 0.25) is 0 Å². The highest BCUT2D eigenvalue weighted by Gasteiger charge is 2.27. The van der Waals surface area contributed by atoms with E-state index in [1.165, 1.54) is 19.2 Å². The zero-order chi connectivity index (χ0) is 30.9. The average molecular weight is 619 g/mol. The van der Waals surface area contributed by atoms with Crippen molar-refractivity contribution in [3.8, 4) is 11.5 Å². The largest absolute Gasteiger partial charge is 0.489 e. The first-order valence-electron chi connectivity index (χ1n) is 11.9. The summed E-state index contributed by atoms with van der Waals surface area (Å²) in [5, 5.41) is 22.3. The van der Waals surface area contributed by atoms with Gasteiger partial charge in [-0.25, -0.2) is 9.59 Å². The molecule has 14 nitrogen and oxygen atoms in total. The Morgan fingerprint density at radius 3 is 1.73 bits per heavy atom. The molecule has 224 valence electrons. The van der Waals surface area contributed by atoms with Gasteiger partial charge in [0.25, 0.3) is 11.4 Å². The third-order valence-electron chi connectivity index (χ3n) is 4.85. The molecule has 0 amide bonds. The van der Waals surface area contributed by atoms with Gasteiger partial charge in [0.1, 0.15) is 43.2 Å². The normalized spacial score (nSPS) is 11.9. The molecular weight excluding hydrogens is 591 g/mol. The number of hydrogen-bond acceptors (Lipinski definition) is 12. The predicted molar refractivity (Wildman–Crippen MR) is 145 cm³/mol. The molecule has 0 aliphatic heterocycles. The second-order valence-electron chi connectivity index (χ2n) is 9.17. The van der Waals surface area contributed by atoms with Crippen LogP contribution in [0, 0.1) is 20.2 Å². The minimum Gasteiger partial charge on any atom is -0.489 e. The molecule has 0 aromatic heterocycles. The standard InChI is InChI=1S/C25H28Cl2N2O12/c1-6-37-23(30)14-7-17(28(32)33)21(26)19(9-14)38-11-16(40-13-36-5)12-39-20-10-15(24(31)41-25(2,3)4)8-18(22(20)27)29(34)35/h7-10,16H,6,11-13H2,1-5H3. The second-order valence-corrected chi connectivity index (χ2v) is 9.92. The smallest absolute Gasteiger partial charge is 0.339 e. The summed E-state index contributed by atoms with van der Waals surface area (Å²) >= 11 is 12.3. The van der Waals surface area contributed by atoms with Crippen LogP contribution in [0.2, 0.25) is 10.0 Å². The van der Waals surface area contributed by atoms with Crippen LogP contribution in [0.1, 0.15) is 48.4 Å². The summed E-state index contributed by atoms with van der Waals surface area (Å²) in [7, 11) is 1.35. The molecule has 0 fully saturated rings. The molecular formula is C25H28Cl2N2O12. The maximum atomic E-state index is 12.6. The van der Waals surface area contributed by atoms with Crippen LogP contribution < -0.4 is 9.47 Å². The third kappa shape index (κ3) is 9.70. The number of halogens is 2. The third-order valence-corrected chi connectivity index (χ3v) is 5.61. The van der Waals surface area contributed by atoms with Crippen LogP contribution in [-0.4, -0.2) is 67.2 Å². The first-order valence-corrected chi connectivity index (χ1v) is 12.7. The van der Waals surface area contributed by atoms with E-state index in [-0.39, 0.29) is 59.3 Å². The SMILES string of the molecule is CCOC(=O)c1cc(OCC(COc2cc(C(=O)OC(C)(C)C)cc([N+](=O)[O-])c2Cl)OCOC)c(Cl)c([N+](=O)[O-])c1. The molecule has 0 saturated carbocycles. The second kappa shape index (κ2) is 14.8. The minimum atomic E-state index is -0.961. The Balaban J connectivity index is 2.33. The molecule has 0 N–H and O–H groups in total. The first kappa shape index (κ1) is 33.5. The maximum absolute atomic E-state index is 12.6. The van der Waals surface area contributed by atoms with E-state index >= 15 is 0 Å². The van der Waals surface area contributed by atoms with Gasteiger partial charge in [0, 0.05) is 19.2 Å². The van der Waals surface area contributed by atoms with Gasteiger partial charge in [0.15, 0.2) is 10.0 Å². The fourth-order valence-electron chi connectivity index (χ4n) is 3.10. The number of nitro groups is 2. The van der Waals surface area contributed by atoms with E-state index in [9.17, 15) is 29.8 Å². The van der Waals surface area contributed by atoms with Crippen LogP contribution in [0.5, 0.6) is 11.5 Å². The summed E-state index contributed by atoms with van der Waals surface area (Å²) in [4.78, 5) is 46.2. The first-order chi connectivity index (χ1) is 19.2. The van der Waals surface area contributed by atoms with Gasteiger partial charge in [0.05, 0.1) is 27.6 Å². The van der Waals surface area contributed by atoms with Crippen LogP contribution in [0.3, 0.4) is 0 Å². The summed E-state index contributed by atoms with van der Waals surface area (Å²) in [5.41, 5.74) is -2.39. The lowest BCUT2D eigenvalue weighted by molar-refractivity contribution is -0.384. The van der Waals surface area contributed by atoms with E-state index in [1.54, 1.807) is 27.7 Å². The number of ether oxygens (including phenoxy) is 6. The number of esters is 2. The van der Waals surface area contributed by atoms with Crippen LogP contribution >= 0.6 is 23.2 Å². The van der Waals surface area contributed by atoms with Crippen molar-refractivity contribution in [3.05, 3.63) is 65.7 Å². The van der Waals surface area contributed by atoms with Crippen molar-refractivity contribution in [1.29, 1.82) is 0 Å². The topological polar surface area (TPSA) is 176 Å². The van der Waals surface area contributed by atoms with Gasteiger partial charge in [-0.3, -0.25) is 20.2 Å². The van der Waals surface area contributed by atoms with Crippen molar-refractivity contribution < 1.29 is 47.9 Å². The number of carbonyl (C=O) groups is 2. The molecule has 0 heterocycles. The minimum absolute atomic E-state index is 0.0333. The Kier molecular flexibility index (Phi) is 12.1. The van der Waals surface area contributed by atoms with Crippen molar-refractivity contribution in [2.24, 2.45) is 0 Å². The Hall–Kier alpha value is -3.72. The average Bonchev–Trinajstić information content (AvgIpc) is 2.88. The lowest BCUT2D eigenvalue weighted by atomic mass is 10.1. The quantitative estimate of drug-likeness (QED) is 0.114. The van der Waals surface area contributed by atoms with Crippen molar-refractivity contribution in [2.45, 2.75) is 39.4 Å². The van der Waals surface area contributed by atoms with Gasteiger partial charge in [-0.1, -0.05) is 23.2 Å². The van der Waals surface area contributed by atoms with Crippen LogP contribution in [0.4, 0.5) is 11.4 Å². The molecule has 1 unspecified atom stereocenters. The molecule has 1 atom stereocenters. The number of rotatable bonds is 14. The highest BCUT2D eigenvalue weighted by Crippen LogP contribution is 2.37. The van der Waals surface area contributed by atoms with Gasteiger partial charge >= 0.3 is 11.9 Å². The van der Waals surface area contributed by atoms with Crippen LogP contribution in [-0.2, 0) is 18.9 Å². The predicted octanol–water partition coefficient (Wildman–Crippen LogP) is 5.39. The van der Waals surface area contributed by atoms with E-state index in [2.05, 4.69) is 0 Å². The van der Waals surface area contributed by atoms with E-state index in [1.807, 2.05) is 0 Å². The summed E-state index contributed by atoms with van der Waals surface area (Å²) < 4.78 is 31.9. The fraction of sp³-hybridized carbons (Fsp3) is 0.440. The van der Waals surface area contributed by atoms with Crippen molar-refractivity contribution in [2.75, 3.05) is 33.7 Å². The molecule has 0 saturated heterocycles. The van der Waals surface area contributed by atoms with E-state index in [0.717, 1.165) is 12.1 Å². The van der Waals surface area contributed by atoms with Crippen molar-refractivity contribution >= 4 is 46.5 Å². The molecule has 2 aromatic carbocycles. The monoisotopic (exact) mass is 618 g/mol. The molecule has 0 aliphatic rings. The Morgan fingerprint density at radius 2 is 1.34 bits per heavy atom. The molecule has 0 spiro atoms. The van der Waals surface area contributed by atoms with Gasteiger partial charge in [-0.2, -0.15) is 0 Å². The maximum Gasteiger partial charge on any atom is 0.339 e. The van der Waals surface area contributed by atoms with E-state index < -0.39 is 44.9 Å². The molecule has 0 bridgehead atoms. The Morgan fingerprint density at radius 1 is 0.878 bits per heavy atom. The van der Waals surface area contributed by atoms with Crippen molar-refractivity contribution in [3.63, 3.8) is 0 Å². The molecule has 16 heteroatoms. The highest BCUT2D eigenvalue weighted by molar-refractivity contribution is 6.34. The number of hydrogen-bond donors (Lipinski definition) is 0. The Labute approximate surface area is 244 Å². The number of nitrogens with zero attached hydrogens (tertiary/aromatic N) is 2. The van der Waals surface area contributed by atoms with Crippen molar-refractivity contribution in [1.82, 2.24) is 0 Å². The molecule has 0 aliphatic carbocycles. The lowest BCUT2D eigenvalue weighted by Crippen LogP contribution is -2.30. The zero-order valence-electron chi connectivity index (χ0n) is 22.8. The van der Waals surface area contributed by atoms with Gasteiger partial charge in [-0.05, 0) is 39.8 Å². The molecule has 2 rings (SSSR count). The summed E-state index contributed by atoms with van der Waals surface area (Å²) in [6, 6.07) is 4.28. The summed E-state index contributed by atoms with van der Waals surface area (Å²) in [6.07, 6.45) is -0.961. The number of nitro benzene ring substituents is 2. The Bertz CT molecular complexity index is 1300. The van der Waals surface area contributed by atoms with Gasteiger partial charge < -0.3 is 28.4 Å². The van der Waals surface area contributed by atoms with Crippen LogP contribution in [0.25, 0.3) is 0 Å². The molecule has 2 aromatic rings. The van der Waals surface area contributed by atoms with Gasteiger partial charge in [-0.15, -0.1) is 0 Å². The van der Waals surface area contributed by atoms with Crippen LogP contribution in [0.15, 0.2) is 24.3 Å². The summed E-state index contributed by atoms with van der Waals surface area (Å²) in [6.45, 7) is 5.59. The fourth-order valence-corrected chi connectivity index (χ4v) is 3.57. The highest BCUT2D eigenvalue weighted by atomic mass is 35.5. The lowest BCUT2D eigenvalue weighted by Gasteiger charge is -2.21. The molecule has 0 radical (unpaired) electrons.